The van der Waals surface area contributed by atoms with Gasteiger partial charge in [-0.1, -0.05) is 12.1 Å². The third-order valence-electron chi connectivity index (χ3n) is 4.35. The second-order valence-corrected chi connectivity index (χ2v) is 5.91. The minimum Gasteiger partial charge on any atom is -0.466 e. The molecular formula is C18H21NO7. The first-order valence-corrected chi connectivity index (χ1v) is 8.13. The third-order valence-corrected chi connectivity index (χ3v) is 4.35. The Hall–Kier alpha value is -2.42. The molecule has 1 fully saturated rings. The third kappa shape index (κ3) is 3.31. The van der Waals surface area contributed by atoms with Crippen molar-refractivity contribution < 1.29 is 33.3 Å². The van der Waals surface area contributed by atoms with Crippen molar-refractivity contribution in [1.82, 2.24) is 0 Å². The zero-order chi connectivity index (χ0) is 18.7. The van der Waals surface area contributed by atoms with E-state index in [1.165, 1.54) is 14.2 Å². The molecule has 0 radical (unpaired) electrons. The van der Waals surface area contributed by atoms with Crippen molar-refractivity contribution in [2.24, 2.45) is 0 Å². The van der Waals surface area contributed by atoms with Gasteiger partial charge in [-0.15, -0.1) is 0 Å². The van der Waals surface area contributed by atoms with E-state index in [4.69, 9.17) is 23.7 Å². The molecule has 2 aliphatic rings. The molecule has 140 valence electrons. The number of hydrogen-bond acceptors (Lipinski definition) is 8. The van der Waals surface area contributed by atoms with Crippen LogP contribution in [-0.4, -0.2) is 52.7 Å². The van der Waals surface area contributed by atoms with E-state index < -0.39 is 17.7 Å². The summed E-state index contributed by atoms with van der Waals surface area (Å²) in [6, 6.07) is 7.33. The van der Waals surface area contributed by atoms with Crippen LogP contribution >= 0.6 is 0 Å². The van der Waals surface area contributed by atoms with E-state index in [1.807, 2.05) is 25.1 Å². The number of carbonyl (C=O) groups is 2. The molecule has 2 heterocycles. The topological polar surface area (TPSA) is 83.5 Å². The molecule has 0 N–H and O–H groups in total. The Morgan fingerprint density at radius 3 is 2.46 bits per heavy atom. The molecule has 1 saturated heterocycles. The molecule has 0 aromatic heterocycles. The van der Waals surface area contributed by atoms with E-state index >= 15 is 0 Å². The smallest absolute Gasteiger partial charge is 0.355 e. The summed E-state index contributed by atoms with van der Waals surface area (Å²) in [6.45, 7) is 2.91. The van der Waals surface area contributed by atoms with E-state index in [2.05, 4.69) is 0 Å². The quantitative estimate of drug-likeness (QED) is 0.741. The lowest BCUT2D eigenvalue weighted by Crippen LogP contribution is -2.39. The first-order valence-electron chi connectivity index (χ1n) is 8.13. The van der Waals surface area contributed by atoms with Gasteiger partial charge >= 0.3 is 11.9 Å². The van der Waals surface area contributed by atoms with E-state index in [0.717, 1.165) is 5.56 Å². The summed E-state index contributed by atoms with van der Waals surface area (Å²) >= 11 is 0. The number of rotatable bonds is 4. The van der Waals surface area contributed by atoms with Gasteiger partial charge in [-0.05, 0) is 19.1 Å². The fourth-order valence-electron chi connectivity index (χ4n) is 2.98. The Balaban J connectivity index is 2.04. The SMILES string of the molecule is COC(=O)C1=C(C(=O)OC)N(c2cccc(C3(C)OCCO3)c2)COC1. The molecule has 1 aromatic rings. The lowest BCUT2D eigenvalue weighted by molar-refractivity contribution is -0.149. The molecule has 0 spiro atoms. The molecule has 2 aliphatic heterocycles. The van der Waals surface area contributed by atoms with Gasteiger partial charge in [0.15, 0.2) is 5.79 Å². The second kappa shape index (κ2) is 7.45. The van der Waals surface area contributed by atoms with Crippen LogP contribution in [0.1, 0.15) is 12.5 Å². The summed E-state index contributed by atoms with van der Waals surface area (Å²) in [7, 11) is 2.51. The summed E-state index contributed by atoms with van der Waals surface area (Å²) in [6.07, 6.45) is 0. The fourth-order valence-corrected chi connectivity index (χ4v) is 2.98. The van der Waals surface area contributed by atoms with Crippen LogP contribution in [0.15, 0.2) is 35.5 Å². The molecule has 0 amide bonds. The van der Waals surface area contributed by atoms with Gasteiger partial charge in [0, 0.05) is 11.3 Å². The molecule has 26 heavy (non-hydrogen) atoms. The molecule has 1 aromatic carbocycles. The highest BCUT2D eigenvalue weighted by Gasteiger charge is 2.35. The number of nitrogens with zero attached hydrogens (tertiary/aromatic N) is 1. The molecule has 0 saturated carbocycles. The van der Waals surface area contributed by atoms with E-state index in [-0.39, 0.29) is 24.6 Å². The summed E-state index contributed by atoms with van der Waals surface area (Å²) in [5.41, 5.74) is 1.64. The zero-order valence-corrected chi connectivity index (χ0v) is 14.9. The Kier molecular flexibility index (Phi) is 5.26. The first kappa shape index (κ1) is 18.4. The average Bonchev–Trinajstić information content (AvgIpc) is 3.14. The first-order chi connectivity index (χ1) is 12.5. The number of carbonyl (C=O) groups excluding carboxylic acids is 2. The van der Waals surface area contributed by atoms with Crippen molar-refractivity contribution in [2.75, 3.05) is 45.7 Å². The maximum atomic E-state index is 12.4. The minimum atomic E-state index is -0.854. The maximum absolute atomic E-state index is 12.4. The van der Waals surface area contributed by atoms with Crippen molar-refractivity contribution in [2.45, 2.75) is 12.7 Å². The van der Waals surface area contributed by atoms with Crippen molar-refractivity contribution in [3.05, 3.63) is 41.1 Å². The lowest BCUT2D eigenvalue weighted by Gasteiger charge is -2.32. The van der Waals surface area contributed by atoms with Gasteiger partial charge < -0.3 is 28.6 Å². The van der Waals surface area contributed by atoms with Crippen molar-refractivity contribution in [3.63, 3.8) is 0 Å². The second-order valence-electron chi connectivity index (χ2n) is 5.91. The monoisotopic (exact) mass is 363 g/mol. The molecule has 0 aliphatic carbocycles. The van der Waals surface area contributed by atoms with Crippen LogP contribution in [0.4, 0.5) is 5.69 Å². The van der Waals surface area contributed by atoms with Gasteiger partial charge in [0.2, 0.25) is 0 Å². The average molecular weight is 363 g/mol. The Bertz CT molecular complexity index is 737. The lowest BCUT2D eigenvalue weighted by atomic mass is 10.1. The Labute approximate surface area is 151 Å². The summed E-state index contributed by atoms with van der Waals surface area (Å²) < 4.78 is 26.5. The van der Waals surface area contributed by atoms with Gasteiger partial charge in [0.05, 0.1) is 39.6 Å². The maximum Gasteiger partial charge on any atom is 0.355 e. The normalized spacial score (nSPS) is 19.4. The number of benzene rings is 1. The highest BCUT2D eigenvalue weighted by Crippen LogP contribution is 2.34. The summed E-state index contributed by atoms with van der Waals surface area (Å²) in [5.74, 6) is -2.13. The summed E-state index contributed by atoms with van der Waals surface area (Å²) in [4.78, 5) is 26.0. The number of hydrogen-bond donors (Lipinski definition) is 0. The zero-order valence-electron chi connectivity index (χ0n) is 14.9. The number of anilines is 1. The molecule has 8 heteroatoms. The molecular weight excluding hydrogens is 342 g/mol. The van der Waals surface area contributed by atoms with Gasteiger partial charge in [-0.25, -0.2) is 9.59 Å². The number of methoxy groups -OCH3 is 2. The van der Waals surface area contributed by atoms with Crippen LogP contribution in [0.5, 0.6) is 0 Å². The van der Waals surface area contributed by atoms with Crippen molar-refractivity contribution >= 4 is 17.6 Å². The van der Waals surface area contributed by atoms with Gasteiger partial charge in [0.25, 0.3) is 0 Å². The van der Waals surface area contributed by atoms with E-state index in [9.17, 15) is 9.59 Å². The fraction of sp³-hybridized carbons (Fsp3) is 0.444. The highest BCUT2D eigenvalue weighted by molar-refractivity contribution is 6.03. The standard InChI is InChI=1S/C18H21NO7/c1-18(25-7-8-26-18)12-5-4-6-13(9-12)19-11-24-10-14(16(20)22-2)15(19)17(21)23-3/h4-6,9H,7-8,10-11H2,1-3H3. The predicted octanol–water partition coefficient (Wildman–Crippen LogP) is 1.30. The summed E-state index contributed by atoms with van der Waals surface area (Å²) in [5, 5.41) is 0. The van der Waals surface area contributed by atoms with Crippen LogP contribution in [-0.2, 0) is 39.1 Å². The van der Waals surface area contributed by atoms with Crippen LogP contribution in [0.2, 0.25) is 0 Å². The van der Waals surface area contributed by atoms with Crippen molar-refractivity contribution in [3.8, 4) is 0 Å². The molecule has 0 bridgehead atoms. The van der Waals surface area contributed by atoms with Gasteiger partial charge in [-0.2, -0.15) is 0 Å². The van der Waals surface area contributed by atoms with Crippen LogP contribution in [0.25, 0.3) is 0 Å². The molecule has 0 unspecified atom stereocenters. The van der Waals surface area contributed by atoms with Crippen LogP contribution < -0.4 is 4.90 Å². The number of esters is 2. The van der Waals surface area contributed by atoms with Gasteiger partial charge in [-0.3, -0.25) is 0 Å². The molecule has 8 nitrogen and oxygen atoms in total. The Morgan fingerprint density at radius 1 is 1.12 bits per heavy atom. The van der Waals surface area contributed by atoms with Crippen LogP contribution in [0.3, 0.4) is 0 Å². The van der Waals surface area contributed by atoms with E-state index in [1.54, 1.807) is 11.0 Å². The van der Waals surface area contributed by atoms with Crippen LogP contribution in [0, 0.1) is 0 Å². The Morgan fingerprint density at radius 2 is 1.81 bits per heavy atom. The predicted molar refractivity (Wildman–Crippen MR) is 90.1 cm³/mol. The molecule has 3 rings (SSSR count). The largest absolute Gasteiger partial charge is 0.466 e. The minimum absolute atomic E-state index is 0.0305. The van der Waals surface area contributed by atoms with E-state index in [0.29, 0.717) is 18.9 Å². The van der Waals surface area contributed by atoms with Gasteiger partial charge in [0.1, 0.15) is 12.4 Å². The van der Waals surface area contributed by atoms with Crippen molar-refractivity contribution in [1.29, 1.82) is 0 Å². The molecule has 0 atom stereocenters. The number of ether oxygens (including phenoxy) is 5. The highest BCUT2D eigenvalue weighted by atomic mass is 16.7.